The molecule has 0 aliphatic heterocycles. The van der Waals surface area contributed by atoms with Crippen LogP contribution in [-0.4, -0.2) is 42.0 Å². The first-order valence-electron chi connectivity index (χ1n) is 13.7. The molecule has 1 aromatic rings. The summed E-state index contributed by atoms with van der Waals surface area (Å²) in [5.41, 5.74) is 0.966. The van der Waals surface area contributed by atoms with Gasteiger partial charge in [-0.3, -0.25) is 9.59 Å². The van der Waals surface area contributed by atoms with Crippen LogP contribution in [0, 0.1) is 11.8 Å². The number of amides is 1. The summed E-state index contributed by atoms with van der Waals surface area (Å²) in [5, 5.41) is 13.0. The summed E-state index contributed by atoms with van der Waals surface area (Å²) in [5.74, 6) is 0.0624. The lowest BCUT2D eigenvalue weighted by atomic mass is 9.89. The molecule has 0 heterocycles. The van der Waals surface area contributed by atoms with Crippen LogP contribution in [0.15, 0.2) is 42.5 Å². The van der Waals surface area contributed by atoms with Crippen molar-refractivity contribution in [3.63, 3.8) is 0 Å². The van der Waals surface area contributed by atoms with Crippen LogP contribution in [0.3, 0.4) is 0 Å². The summed E-state index contributed by atoms with van der Waals surface area (Å²) >= 11 is 0. The molecule has 1 aliphatic rings. The lowest BCUT2D eigenvalue weighted by molar-refractivity contribution is -0.145. The van der Waals surface area contributed by atoms with E-state index < -0.39 is 18.1 Å². The number of carbonyl (C=O) groups is 3. The number of methoxy groups -OCH3 is 1. The van der Waals surface area contributed by atoms with Crippen LogP contribution in [0.4, 0.5) is 0 Å². The molecule has 0 spiro atoms. The van der Waals surface area contributed by atoms with E-state index in [1.54, 1.807) is 0 Å². The van der Waals surface area contributed by atoms with Gasteiger partial charge < -0.3 is 15.2 Å². The van der Waals surface area contributed by atoms with Crippen LogP contribution < -0.4 is 5.32 Å². The zero-order chi connectivity index (χ0) is 26.2. The van der Waals surface area contributed by atoms with Gasteiger partial charge in [0.15, 0.2) is 0 Å². The molecule has 0 bridgehead atoms. The molecule has 6 nitrogen and oxygen atoms in total. The minimum Gasteiger partial charge on any atom is -0.467 e. The smallest absolute Gasteiger partial charge is 0.328 e. The Kier molecular flexibility index (Phi) is 14.1. The maximum absolute atomic E-state index is 12.4. The molecule has 0 radical (unpaired) electrons. The fourth-order valence-corrected chi connectivity index (χ4v) is 4.97. The maximum atomic E-state index is 12.4. The lowest BCUT2D eigenvalue weighted by Gasteiger charge is -2.17. The van der Waals surface area contributed by atoms with Crippen molar-refractivity contribution in [2.75, 3.05) is 7.11 Å². The first-order chi connectivity index (χ1) is 17.4. The minimum atomic E-state index is -0.687. The SMILES string of the molecule is CCCCC[C@H](O)C=C[C@@H]1CCC(=O)[C@@H]1CCCCCCC(=O)N[C@@H](Cc1ccccc1)C(=O)OC. The molecule has 200 valence electrons. The van der Waals surface area contributed by atoms with E-state index in [4.69, 9.17) is 4.74 Å². The van der Waals surface area contributed by atoms with Crippen molar-refractivity contribution >= 4 is 17.7 Å². The molecule has 0 saturated heterocycles. The summed E-state index contributed by atoms with van der Waals surface area (Å²) in [6.45, 7) is 2.15. The van der Waals surface area contributed by atoms with E-state index in [9.17, 15) is 19.5 Å². The van der Waals surface area contributed by atoms with E-state index in [0.29, 0.717) is 25.0 Å². The van der Waals surface area contributed by atoms with E-state index >= 15 is 0 Å². The fourth-order valence-electron chi connectivity index (χ4n) is 4.97. The predicted octanol–water partition coefficient (Wildman–Crippen LogP) is 5.32. The monoisotopic (exact) mass is 499 g/mol. The highest BCUT2D eigenvalue weighted by Crippen LogP contribution is 2.34. The third kappa shape index (κ3) is 11.1. The first-order valence-corrected chi connectivity index (χ1v) is 13.7. The lowest BCUT2D eigenvalue weighted by Crippen LogP contribution is -2.43. The minimum absolute atomic E-state index is 0.0613. The molecular formula is C30H45NO5. The Morgan fingerprint density at radius 2 is 1.86 bits per heavy atom. The third-order valence-corrected chi connectivity index (χ3v) is 7.11. The number of unbranched alkanes of at least 4 members (excludes halogenated alkanes) is 5. The average Bonchev–Trinajstić information content (AvgIpc) is 3.23. The Hall–Kier alpha value is -2.47. The fraction of sp³-hybridized carbons (Fsp3) is 0.633. The number of aliphatic hydroxyl groups is 1. The number of Topliss-reactive ketones (excluding diaryl/α,β-unsaturated/α-hetero) is 1. The van der Waals surface area contributed by atoms with Crippen molar-refractivity contribution in [1.29, 1.82) is 0 Å². The van der Waals surface area contributed by atoms with Crippen LogP contribution >= 0.6 is 0 Å². The number of esters is 1. The van der Waals surface area contributed by atoms with Crippen LogP contribution in [-0.2, 0) is 25.5 Å². The number of rotatable bonds is 17. The predicted molar refractivity (Wildman–Crippen MR) is 142 cm³/mol. The van der Waals surface area contributed by atoms with E-state index in [1.807, 2.05) is 36.4 Å². The summed E-state index contributed by atoms with van der Waals surface area (Å²) in [4.78, 5) is 36.9. The van der Waals surface area contributed by atoms with Gasteiger partial charge in [-0.25, -0.2) is 4.79 Å². The molecule has 1 saturated carbocycles. The number of benzene rings is 1. The second kappa shape index (κ2) is 17.1. The molecule has 2 N–H and O–H groups in total. The summed E-state index contributed by atoms with van der Waals surface area (Å²) in [7, 11) is 1.33. The Balaban J connectivity index is 1.66. The van der Waals surface area contributed by atoms with Gasteiger partial charge in [0.1, 0.15) is 11.8 Å². The number of hydrogen-bond donors (Lipinski definition) is 2. The van der Waals surface area contributed by atoms with Gasteiger partial charge in [0.05, 0.1) is 13.2 Å². The molecule has 4 atom stereocenters. The number of nitrogens with one attached hydrogen (secondary N) is 1. The summed E-state index contributed by atoms with van der Waals surface area (Å²) < 4.78 is 4.86. The quantitative estimate of drug-likeness (QED) is 0.172. The maximum Gasteiger partial charge on any atom is 0.328 e. The number of ether oxygens (including phenoxy) is 1. The van der Waals surface area contributed by atoms with Crippen molar-refractivity contribution in [2.45, 2.75) is 103 Å². The molecule has 0 aromatic heterocycles. The molecular weight excluding hydrogens is 454 g/mol. The molecule has 1 fully saturated rings. The highest BCUT2D eigenvalue weighted by molar-refractivity contribution is 5.84. The highest BCUT2D eigenvalue weighted by atomic mass is 16.5. The molecule has 6 heteroatoms. The van der Waals surface area contributed by atoms with E-state index in [2.05, 4.69) is 18.3 Å². The standard InChI is InChI=1S/C30H45NO5/c1-3-4-8-15-25(32)20-18-24-19-21-28(33)26(24)16-11-5-6-12-17-29(34)31-27(30(35)36-2)22-23-13-9-7-10-14-23/h7,9-10,13-14,18,20,24-27,32H,3-6,8,11-12,15-17,19,21-22H2,1-2H3,(H,31,34)/t24-,25+,26-,27+/m1/s1. The van der Waals surface area contributed by atoms with Gasteiger partial charge in [-0.15, -0.1) is 0 Å². The Morgan fingerprint density at radius 1 is 1.11 bits per heavy atom. The van der Waals surface area contributed by atoms with Gasteiger partial charge in [-0.2, -0.15) is 0 Å². The zero-order valence-electron chi connectivity index (χ0n) is 22.1. The van der Waals surface area contributed by atoms with Crippen molar-refractivity contribution < 1.29 is 24.2 Å². The molecule has 1 aliphatic carbocycles. The van der Waals surface area contributed by atoms with Crippen molar-refractivity contribution in [3.8, 4) is 0 Å². The molecule has 0 unspecified atom stereocenters. The Morgan fingerprint density at radius 3 is 2.58 bits per heavy atom. The van der Waals surface area contributed by atoms with Crippen molar-refractivity contribution in [2.24, 2.45) is 11.8 Å². The van der Waals surface area contributed by atoms with E-state index in [-0.39, 0.29) is 17.7 Å². The number of aliphatic hydroxyl groups excluding tert-OH is 1. The zero-order valence-corrected chi connectivity index (χ0v) is 22.1. The number of carbonyl (C=O) groups excluding carboxylic acids is 3. The normalized spacial score (nSPS) is 19.4. The largest absolute Gasteiger partial charge is 0.467 e. The molecule has 36 heavy (non-hydrogen) atoms. The van der Waals surface area contributed by atoms with Gasteiger partial charge in [-0.1, -0.05) is 87.9 Å². The topological polar surface area (TPSA) is 92.7 Å². The highest BCUT2D eigenvalue weighted by Gasteiger charge is 2.32. The number of hydrogen-bond acceptors (Lipinski definition) is 5. The van der Waals surface area contributed by atoms with Crippen LogP contribution in [0.1, 0.15) is 89.5 Å². The Labute approximate surface area is 216 Å². The Bertz CT molecular complexity index is 822. The van der Waals surface area contributed by atoms with Crippen LogP contribution in [0.25, 0.3) is 0 Å². The summed E-state index contributed by atoms with van der Waals surface area (Å²) in [6.07, 6.45) is 14.4. The van der Waals surface area contributed by atoms with Gasteiger partial charge in [0, 0.05) is 25.2 Å². The number of allylic oxidation sites excluding steroid dienone is 1. The van der Waals surface area contributed by atoms with Crippen molar-refractivity contribution in [1.82, 2.24) is 5.32 Å². The van der Waals surface area contributed by atoms with Crippen LogP contribution in [0.5, 0.6) is 0 Å². The van der Waals surface area contributed by atoms with Gasteiger partial charge >= 0.3 is 5.97 Å². The van der Waals surface area contributed by atoms with E-state index in [1.165, 1.54) is 7.11 Å². The third-order valence-electron chi connectivity index (χ3n) is 7.11. The van der Waals surface area contributed by atoms with E-state index in [0.717, 1.165) is 69.8 Å². The number of ketones is 1. The second-order valence-electron chi connectivity index (χ2n) is 10.0. The van der Waals surface area contributed by atoms with Crippen LogP contribution in [0.2, 0.25) is 0 Å². The van der Waals surface area contributed by atoms with Gasteiger partial charge in [-0.05, 0) is 37.2 Å². The van der Waals surface area contributed by atoms with Gasteiger partial charge in [0.25, 0.3) is 0 Å². The molecule has 1 aromatic carbocycles. The molecule has 2 rings (SSSR count). The second-order valence-corrected chi connectivity index (χ2v) is 10.0. The van der Waals surface area contributed by atoms with Crippen molar-refractivity contribution in [3.05, 3.63) is 48.0 Å². The summed E-state index contributed by atoms with van der Waals surface area (Å²) in [6, 6.07) is 8.88. The van der Waals surface area contributed by atoms with Gasteiger partial charge in [0.2, 0.25) is 5.91 Å². The molecule has 1 amide bonds. The average molecular weight is 500 g/mol. The first kappa shape index (κ1) is 29.8.